The Kier molecular flexibility index (Phi) is 9.38. The summed E-state index contributed by atoms with van der Waals surface area (Å²) in [5.74, 6) is -2.96. The van der Waals surface area contributed by atoms with Gasteiger partial charge in [0.2, 0.25) is 11.8 Å². The number of alkyl halides is 3. The van der Waals surface area contributed by atoms with Gasteiger partial charge in [-0.15, -0.1) is 0 Å². The molecule has 0 spiro atoms. The van der Waals surface area contributed by atoms with Gasteiger partial charge in [-0.25, -0.2) is 4.98 Å². The van der Waals surface area contributed by atoms with E-state index in [1.54, 1.807) is 42.6 Å². The van der Waals surface area contributed by atoms with E-state index in [-0.39, 0.29) is 11.8 Å². The lowest BCUT2D eigenvalue weighted by atomic mass is 10.1. The van der Waals surface area contributed by atoms with Crippen molar-refractivity contribution in [2.75, 3.05) is 17.2 Å². The number of pyridine rings is 1. The smallest absolute Gasteiger partial charge is 0.339 e. The number of carbonyl (C=O) groups excluding carboxylic acids is 3. The Morgan fingerprint density at radius 2 is 1.70 bits per heavy atom. The lowest BCUT2D eigenvalue weighted by molar-refractivity contribution is -0.173. The molecule has 3 amide bonds. The SMILES string of the molecule is CCCC.O=C(CNC(=O)C(F)(F)F)Nc1ccc2c(c1)CC(C(=O)Nc1ccccn1)C2. The van der Waals surface area contributed by atoms with Crippen LogP contribution in [-0.4, -0.2) is 35.4 Å². The van der Waals surface area contributed by atoms with Gasteiger partial charge in [0.1, 0.15) is 5.82 Å². The summed E-state index contributed by atoms with van der Waals surface area (Å²) < 4.78 is 36.4. The molecule has 0 radical (unpaired) electrons. The van der Waals surface area contributed by atoms with Crippen LogP contribution in [0, 0.1) is 5.92 Å². The van der Waals surface area contributed by atoms with E-state index in [9.17, 15) is 27.6 Å². The third kappa shape index (κ3) is 8.21. The number of amides is 3. The molecule has 1 aliphatic carbocycles. The fourth-order valence-corrected chi connectivity index (χ4v) is 3.01. The minimum absolute atomic E-state index is 0.166. The minimum atomic E-state index is -5.04. The highest BCUT2D eigenvalue weighted by Gasteiger charge is 2.38. The Hall–Kier alpha value is -3.43. The van der Waals surface area contributed by atoms with E-state index in [1.165, 1.54) is 18.2 Å². The third-order valence-corrected chi connectivity index (χ3v) is 4.88. The highest BCUT2D eigenvalue weighted by atomic mass is 19.4. The fourth-order valence-electron chi connectivity index (χ4n) is 3.01. The van der Waals surface area contributed by atoms with Crippen LogP contribution >= 0.6 is 0 Å². The van der Waals surface area contributed by atoms with Crippen LogP contribution in [0.25, 0.3) is 0 Å². The number of anilines is 2. The molecular formula is C23H27F3N4O3. The van der Waals surface area contributed by atoms with Crippen LogP contribution in [0.4, 0.5) is 24.7 Å². The van der Waals surface area contributed by atoms with Gasteiger partial charge in [0.25, 0.3) is 0 Å². The Balaban J connectivity index is 0.000000890. The summed E-state index contributed by atoms with van der Waals surface area (Å²) >= 11 is 0. The van der Waals surface area contributed by atoms with Crippen LogP contribution in [0.3, 0.4) is 0 Å². The molecule has 0 bridgehead atoms. The molecule has 2 aromatic rings. The van der Waals surface area contributed by atoms with Crippen LogP contribution in [0.5, 0.6) is 0 Å². The molecule has 1 atom stereocenters. The van der Waals surface area contributed by atoms with Gasteiger partial charge in [0.05, 0.1) is 6.54 Å². The standard InChI is InChI=1S/C19H17F3N4O3.C4H10/c20-19(21,22)18(29)24-10-16(27)25-14-5-4-11-7-13(8-12(11)9-14)17(28)26-15-3-1-2-6-23-15;1-3-4-2/h1-6,9,13H,7-8,10H2,(H,24,29)(H,25,27)(H,23,26,28);3-4H2,1-2H3. The Bertz CT molecular complexity index is 963. The molecule has 1 aliphatic rings. The van der Waals surface area contributed by atoms with Crippen molar-refractivity contribution < 1.29 is 27.6 Å². The van der Waals surface area contributed by atoms with Crippen molar-refractivity contribution in [3.05, 3.63) is 53.7 Å². The number of unbranched alkanes of at least 4 members (excludes halogenated alkanes) is 1. The molecule has 3 N–H and O–H groups in total. The first kappa shape index (κ1) is 25.8. The molecule has 33 heavy (non-hydrogen) atoms. The second-order valence-electron chi connectivity index (χ2n) is 7.52. The Labute approximate surface area is 190 Å². The van der Waals surface area contributed by atoms with Crippen molar-refractivity contribution in [3.63, 3.8) is 0 Å². The van der Waals surface area contributed by atoms with Gasteiger partial charge in [-0.2, -0.15) is 13.2 Å². The number of halogens is 3. The summed E-state index contributed by atoms with van der Waals surface area (Å²) in [7, 11) is 0. The van der Waals surface area contributed by atoms with E-state index < -0.39 is 24.5 Å². The third-order valence-electron chi connectivity index (χ3n) is 4.88. The predicted octanol–water partition coefficient (Wildman–Crippen LogP) is 3.86. The second kappa shape index (κ2) is 12.0. The van der Waals surface area contributed by atoms with Gasteiger partial charge in [-0.05, 0) is 48.2 Å². The number of benzene rings is 1. The van der Waals surface area contributed by atoms with Crippen molar-refractivity contribution >= 4 is 29.2 Å². The number of nitrogens with zero attached hydrogens (tertiary/aromatic N) is 1. The maximum absolute atomic E-state index is 12.4. The predicted molar refractivity (Wildman–Crippen MR) is 118 cm³/mol. The normalized spacial score (nSPS) is 14.4. The summed E-state index contributed by atoms with van der Waals surface area (Å²) in [6, 6.07) is 10.2. The summed E-state index contributed by atoms with van der Waals surface area (Å²) in [6.45, 7) is 3.56. The molecular weight excluding hydrogens is 437 g/mol. The molecule has 1 heterocycles. The van der Waals surface area contributed by atoms with Gasteiger partial charge in [0.15, 0.2) is 0 Å². The zero-order valence-electron chi connectivity index (χ0n) is 18.5. The molecule has 1 unspecified atom stereocenters. The van der Waals surface area contributed by atoms with Gasteiger partial charge < -0.3 is 16.0 Å². The number of hydrogen-bond donors (Lipinski definition) is 3. The lowest BCUT2D eigenvalue weighted by Gasteiger charge is -2.10. The number of nitrogens with one attached hydrogen (secondary N) is 3. The topological polar surface area (TPSA) is 100 Å². The first-order valence-corrected chi connectivity index (χ1v) is 10.6. The summed E-state index contributed by atoms with van der Waals surface area (Å²) in [6.07, 6.45) is 0.163. The molecule has 0 saturated carbocycles. The van der Waals surface area contributed by atoms with Crippen molar-refractivity contribution in [3.8, 4) is 0 Å². The molecule has 1 aromatic heterocycles. The van der Waals surface area contributed by atoms with Crippen LogP contribution in [-0.2, 0) is 27.2 Å². The average molecular weight is 464 g/mol. The first-order chi connectivity index (χ1) is 15.6. The molecule has 3 rings (SSSR count). The van der Waals surface area contributed by atoms with Crippen LogP contribution < -0.4 is 16.0 Å². The maximum Gasteiger partial charge on any atom is 0.471 e. The van der Waals surface area contributed by atoms with E-state index in [1.807, 2.05) is 0 Å². The van der Waals surface area contributed by atoms with Gasteiger partial charge in [0, 0.05) is 17.8 Å². The molecule has 7 nitrogen and oxygen atoms in total. The average Bonchev–Trinajstić information content (AvgIpc) is 3.21. The largest absolute Gasteiger partial charge is 0.471 e. The highest BCUT2D eigenvalue weighted by Crippen LogP contribution is 2.30. The zero-order chi connectivity index (χ0) is 24.4. The Morgan fingerprint density at radius 1 is 1.00 bits per heavy atom. The van der Waals surface area contributed by atoms with E-state index in [0.29, 0.717) is 24.3 Å². The second-order valence-corrected chi connectivity index (χ2v) is 7.52. The first-order valence-electron chi connectivity index (χ1n) is 10.6. The lowest BCUT2D eigenvalue weighted by Crippen LogP contribution is -2.41. The van der Waals surface area contributed by atoms with E-state index in [2.05, 4.69) is 29.5 Å². The van der Waals surface area contributed by atoms with Crippen LogP contribution in [0.15, 0.2) is 42.6 Å². The van der Waals surface area contributed by atoms with Crippen LogP contribution in [0.2, 0.25) is 0 Å². The quantitative estimate of drug-likeness (QED) is 0.605. The van der Waals surface area contributed by atoms with Gasteiger partial charge in [-0.1, -0.05) is 38.8 Å². The number of rotatable bonds is 6. The summed E-state index contributed by atoms with van der Waals surface area (Å²) in [5, 5.41) is 6.69. The van der Waals surface area contributed by atoms with Crippen molar-refractivity contribution in [2.45, 2.75) is 45.7 Å². The maximum atomic E-state index is 12.4. The number of aromatic nitrogens is 1. The van der Waals surface area contributed by atoms with E-state index >= 15 is 0 Å². The van der Waals surface area contributed by atoms with Gasteiger partial charge >= 0.3 is 12.1 Å². The van der Waals surface area contributed by atoms with Crippen molar-refractivity contribution in [2.24, 2.45) is 5.92 Å². The molecule has 0 fully saturated rings. The molecule has 0 aliphatic heterocycles. The zero-order valence-corrected chi connectivity index (χ0v) is 18.5. The van der Waals surface area contributed by atoms with Crippen molar-refractivity contribution in [1.29, 1.82) is 0 Å². The minimum Gasteiger partial charge on any atom is -0.339 e. The van der Waals surface area contributed by atoms with E-state index in [4.69, 9.17) is 0 Å². The summed E-state index contributed by atoms with van der Waals surface area (Å²) in [5.41, 5.74) is 2.19. The summed E-state index contributed by atoms with van der Waals surface area (Å²) in [4.78, 5) is 39.0. The van der Waals surface area contributed by atoms with Crippen molar-refractivity contribution in [1.82, 2.24) is 10.3 Å². The highest BCUT2D eigenvalue weighted by molar-refractivity contribution is 5.95. The molecule has 178 valence electrons. The molecule has 0 saturated heterocycles. The number of carbonyl (C=O) groups is 3. The van der Waals surface area contributed by atoms with Crippen LogP contribution in [0.1, 0.15) is 37.8 Å². The number of hydrogen-bond acceptors (Lipinski definition) is 4. The monoisotopic (exact) mass is 464 g/mol. The Morgan fingerprint density at radius 3 is 2.30 bits per heavy atom. The molecule has 1 aromatic carbocycles. The molecule has 10 heteroatoms. The fraction of sp³-hybridized carbons (Fsp3) is 0.391. The van der Waals surface area contributed by atoms with E-state index in [0.717, 1.165) is 11.1 Å². The van der Waals surface area contributed by atoms with Gasteiger partial charge in [-0.3, -0.25) is 14.4 Å². The number of fused-ring (bicyclic) bond motifs is 1.